The molecule has 0 aromatic carbocycles. The van der Waals surface area contributed by atoms with Crippen LogP contribution in [0.3, 0.4) is 0 Å². The molecule has 1 aromatic heterocycles. The van der Waals surface area contributed by atoms with Crippen molar-refractivity contribution in [1.82, 2.24) is 9.97 Å². The van der Waals surface area contributed by atoms with E-state index < -0.39 is 0 Å². The molecular weight excluding hydrogens is 204 g/mol. The molecule has 1 heterocycles. The van der Waals surface area contributed by atoms with E-state index >= 15 is 0 Å². The third-order valence-electron chi connectivity index (χ3n) is 2.86. The Morgan fingerprint density at radius 2 is 2.20 bits per heavy atom. The van der Waals surface area contributed by atoms with Crippen molar-refractivity contribution in [2.45, 2.75) is 36.1 Å². The first kappa shape index (κ1) is 10.7. The molecule has 0 aliphatic heterocycles. The highest BCUT2D eigenvalue weighted by Crippen LogP contribution is 2.39. The highest BCUT2D eigenvalue weighted by molar-refractivity contribution is 7.99. The minimum absolute atomic E-state index is 0.686. The van der Waals surface area contributed by atoms with Gasteiger partial charge in [-0.05, 0) is 31.2 Å². The number of aromatic nitrogens is 2. The fourth-order valence-electron chi connectivity index (χ4n) is 2.12. The summed E-state index contributed by atoms with van der Waals surface area (Å²) < 4.78 is 0. The van der Waals surface area contributed by atoms with Gasteiger partial charge in [0.1, 0.15) is 0 Å². The molecule has 0 unspecified atom stereocenters. The predicted molar refractivity (Wildman–Crippen MR) is 63.8 cm³/mol. The third kappa shape index (κ3) is 2.81. The fraction of sp³-hybridized carbons (Fsp3) is 0.500. The van der Waals surface area contributed by atoms with Crippen molar-refractivity contribution >= 4 is 11.8 Å². The van der Waals surface area contributed by atoms with Crippen molar-refractivity contribution in [3.05, 3.63) is 31.1 Å². The molecule has 2 rings (SSSR count). The van der Waals surface area contributed by atoms with E-state index in [1.54, 1.807) is 0 Å². The Balaban J connectivity index is 1.96. The summed E-state index contributed by atoms with van der Waals surface area (Å²) in [5.74, 6) is 0.774. The number of thioether (sulfide) groups is 1. The van der Waals surface area contributed by atoms with Gasteiger partial charge in [0.2, 0.25) is 0 Å². The monoisotopic (exact) mass is 220 g/mol. The number of rotatable bonds is 4. The van der Waals surface area contributed by atoms with Crippen molar-refractivity contribution in [3.8, 4) is 0 Å². The van der Waals surface area contributed by atoms with Crippen LogP contribution in [0.2, 0.25) is 0 Å². The molecule has 0 saturated heterocycles. The maximum absolute atomic E-state index is 4.26. The van der Waals surface area contributed by atoms with Crippen LogP contribution in [0.25, 0.3) is 0 Å². The molecule has 0 amide bonds. The van der Waals surface area contributed by atoms with Crippen LogP contribution in [-0.2, 0) is 0 Å². The molecule has 2 nitrogen and oxygen atoms in total. The second-order valence-corrected chi connectivity index (χ2v) is 5.11. The fourth-order valence-corrected chi connectivity index (χ4v) is 3.36. The maximum Gasteiger partial charge on any atom is 0.187 e. The second-order valence-electron chi connectivity index (χ2n) is 3.90. The topological polar surface area (TPSA) is 25.8 Å². The number of allylic oxidation sites excluding steroid dienone is 1. The van der Waals surface area contributed by atoms with Crippen molar-refractivity contribution in [2.75, 3.05) is 0 Å². The van der Waals surface area contributed by atoms with Gasteiger partial charge >= 0.3 is 0 Å². The first-order chi connectivity index (χ1) is 7.40. The largest absolute Gasteiger partial charge is 0.231 e. The second kappa shape index (κ2) is 5.31. The molecule has 2 atom stereocenters. The Bertz CT molecular complexity index is 313. The van der Waals surface area contributed by atoms with Gasteiger partial charge in [0.15, 0.2) is 5.16 Å². The number of hydrogen-bond donors (Lipinski definition) is 0. The smallest absolute Gasteiger partial charge is 0.187 e. The van der Waals surface area contributed by atoms with Crippen molar-refractivity contribution < 1.29 is 0 Å². The van der Waals surface area contributed by atoms with E-state index in [9.17, 15) is 0 Å². The average molecular weight is 220 g/mol. The van der Waals surface area contributed by atoms with Gasteiger partial charge in [0, 0.05) is 17.6 Å². The van der Waals surface area contributed by atoms with Gasteiger partial charge in [0.25, 0.3) is 0 Å². The molecule has 0 N–H and O–H groups in total. The molecule has 80 valence electrons. The van der Waals surface area contributed by atoms with Crippen LogP contribution in [0.15, 0.2) is 36.3 Å². The molecule has 15 heavy (non-hydrogen) atoms. The lowest BCUT2D eigenvalue weighted by atomic mass is 10.0. The van der Waals surface area contributed by atoms with Crippen molar-refractivity contribution in [1.29, 1.82) is 0 Å². The Kier molecular flexibility index (Phi) is 3.78. The van der Waals surface area contributed by atoms with E-state index in [2.05, 4.69) is 16.5 Å². The highest BCUT2D eigenvalue weighted by Gasteiger charge is 2.27. The minimum Gasteiger partial charge on any atom is -0.231 e. The van der Waals surface area contributed by atoms with E-state index in [0.29, 0.717) is 5.25 Å². The van der Waals surface area contributed by atoms with Crippen LogP contribution in [-0.4, -0.2) is 15.2 Å². The van der Waals surface area contributed by atoms with Gasteiger partial charge < -0.3 is 0 Å². The SMILES string of the molecule is C=CC[C@@H]1CCC[C@H]1Sc1ncccn1. The Labute approximate surface area is 95.2 Å². The summed E-state index contributed by atoms with van der Waals surface area (Å²) >= 11 is 1.83. The summed E-state index contributed by atoms with van der Waals surface area (Å²) in [6.07, 6.45) is 10.8. The summed E-state index contributed by atoms with van der Waals surface area (Å²) in [5.41, 5.74) is 0. The van der Waals surface area contributed by atoms with E-state index in [1.165, 1.54) is 19.3 Å². The lowest BCUT2D eigenvalue weighted by Gasteiger charge is -2.16. The number of nitrogens with zero attached hydrogens (tertiary/aromatic N) is 2. The summed E-state index contributed by atoms with van der Waals surface area (Å²) in [5, 5.41) is 1.60. The highest BCUT2D eigenvalue weighted by atomic mass is 32.2. The zero-order valence-electron chi connectivity index (χ0n) is 8.80. The molecule has 0 spiro atoms. The summed E-state index contributed by atoms with van der Waals surface area (Å²) in [6.45, 7) is 3.83. The zero-order chi connectivity index (χ0) is 10.5. The van der Waals surface area contributed by atoms with Gasteiger partial charge in [-0.2, -0.15) is 0 Å². The van der Waals surface area contributed by atoms with Crippen LogP contribution in [0, 0.1) is 5.92 Å². The Hall–Kier alpha value is -0.830. The molecular formula is C12H16N2S. The normalized spacial score (nSPS) is 25.3. The quantitative estimate of drug-likeness (QED) is 0.575. The summed E-state index contributed by atoms with van der Waals surface area (Å²) in [4.78, 5) is 8.53. The van der Waals surface area contributed by atoms with E-state index in [1.807, 2.05) is 36.3 Å². The van der Waals surface area contributed by atoms with Crippen molar-refractivity contribution in [3.63, 3.8) is 0 Å². The maximum atomic E-state index is 4.26. The molecule has 3 heteroatoms. The molecule has 1 aromatic rings. The van der Waals surface area contributed by atoms with Gasteiger partial charge in [-0.25, -0.2) is 9.97 Å². The van der Waals surface area contributed by atoms with E-state index in [-0.39, 0.29) is 0 Å². The number of hydrogen-bond acceptors (Lipinski definition) is 3. The zero-order valence-corrected chi connectivity index (χ0v) is 9.62. The summed E-state index contributed by atoms with van der Waals surface area (Å²) in [6, 6.07) is 1.86. The van der Waals surface area contributed by atoms with Gasteiger partial charge in [-0.1, -0.05) is 24.3 Å². The first-order valence-electron chi connectivity index (χ1n) is 5.44. The minimum atomic E-state index is 0.686. The Morgan fingerprint density at radius 3 is 2.93 bits per heavy atom. The first-order valence-corrected chi connectivity index (χ1v) is 6.32. The van der Waals surface area contributed by atoms with Crippen LogP contribution in [0.5, 0.6) is 0 Å². The van der Waals surface area contributed by atoms with E-state index in [4.69, 9.17) is 0 Å². The van der Waals surface area contributed by atoms with Gasteiger partial charge in [-0.3, -0.25) is 0 Å². The van der Waals surface area contributed by atoms with Crippen molar-refractivity contribution in [2.24, 2.45) is 5.92 Å². The van der Waals surface area contributed by atoms with Crippen LogP contribution in [0.4, 0.5) is 0 Å². The van der Waals surface area contributed by atoms with Gasteiger partial charge in [-0.15, -0.1) is 6.58 Å². The van der Waals surface area contributed by atoms with Crippen LogP contribution >= 0.6 is 11.8 Å². The predicted octanol–water partition coefficient (Wildman–Crippen LogP) is 3.31. The lowest BCUT2D eigenvalue weighted by molar-refractivity contribution is 0.569. The average Bonchev–Trinajstić information content (AvgIpc) is 2.68. The standard InChI is InChI=1S/C12H16N2S/c1-2-5-10-6-3-7-11(10)15-12-13-8-4-9-14-12/h2,4,8-11H,1,3,5-7H2/t10-,11-/m1/s1. The van der Waals surface area contributed by atoms with E-state index in [0.717, 1.165) is 17.5 Å². The molecule has 0 radical (unpaired) electrons. The molecule has 1 saturated carbocycles. The molecule has 1 aliphatic carbocycles. The van der Waals surface area contributed by atoms with Crippen LogP contribution in [0.1, 0.15) is 25.7 Å². The lowest BCUT2D eigenvalue weighted by Crippen LogP contribution is -2.09. The summed E-state index contributed by atoms with van der Waals surface area (Å²) in [7, 11) is 0. The molecule has 1 aliphatic rings. The molecule has 1 fully saturated rings. The van der Waals surface area contributed by atoms with Gasteiger partial charge in [0.05, 0.1) is 0 Å². The molecule has 0 bridgehead atoms. The Morgan fingerprint density at radius 1 is 1.40 bits per heavy atom. The van der Waals surface area contributed by atoms with Crippen LogP contribution < -0.4 is 0 Å². The third-order valence-corrected chi connectivity index (χ3v) is 4.20.